The Morgan fingerprint density at radius 2 is 1.85 bits per heavy atom. The van der Waals surface area contributed by atoms with Gasteiger partial charge in [0.05, 0.1) is 0 Å². The predicted molar refractivity (Wildman–Crippen MR) is 80.8 cm³/mol. The number of hydrogen-bond donors (Lipinski definition) is 2. The monoisotopic (exact) mass is 286 g/mol. The smallest absolute Gasteiger partial charge is 0.318 e. The predicted octanol–water partition coefficient (Wildman–Crippen LogP) is 3.24. The number of carboxylic acids is 1. The number of unbranched alkanes of at least 4 members (excludes halogenated alkanes) is 2. The first kappa shape index (κ1) is 18.7. The molecule has 0 unspecified atom stereocenters. The maximum atomic E-state index is 12.3. The van der Waals surface area contributed by atoms with Gasteiger partial charge in [0.1, 0.15) is 0 Å². The highest BCUT2D eigenvalue weighted by molar-refractivity contribution is 5.75. The maximum Gasteiger partial charge on any atom is 0.318 e. The lowest BCUT2D eigenvalue weighted by Crippen LogP contribution is -2.52. The van der Waals surface area contributed by atoms with Gasteiger partial charge in [-0.1, -0.05) is 19.8 Å². The fourth-order valence-corrected chi connectivity index (χ4v) is 1.97. The molecule has 0 aliphatic carbocycles. The number of carboxylic acid groups (broad SMARTS) is 1. The molecule has 0 aromatic rings. The van der Waals surface area contributed by atoms with Crippen molar-refractivity contribution in [1.82, 2.24) is 10.2 Å². The van der Waals surface area contributed by atoms with Crippen molar-refractivity contribution >= 4 is 12.0 Å². The summed E-state index contributed by atoms with van der Waals surface area (Å²) >= 11 is 0. The van der Waals surface area contributed by atoms with Gasteiger partial charge in [-0.05, 0) is 40.5 Å². The van der Waals surface area contributed by atoms with Crippen LogP contribution in [-0.4, -0.2) is 40.1 Å². The van der Waals surface area contributed by atoms with Crippen molar-refractivity contribution in [3.8, 4) is 0 Å². The summed E-state index contributed by atoms with van der Waals surface area (Å²) in [5.74, 6) is -0.837. The zero-order valence-corrected chi connectivity index (χ0v) is 13.5. The van der Waals surface area contributed by atoms with Crippen molar-refractivity contribution in [2.24, 2.45) is 0 Å². The molecular weight excluding hydrogens is 256 g/mol. The van der Waals surface area contributed by atoms with Crippen LogP contribution < -0.4 is 5.32 Å². The van der Waals surface area contributed by atoms with Gasteiger partial charge in [-0.25, -0.2) is 4.79 Å². The summed E-state index contributed by atoms with van der Waals surface area (Å²) in [7, 11) is 0. The summed E-state index contributed by atoms with van der Waals surface area (Å²) in [5.41, 5.74) is -0.507. The average Bonchev–Trinajstić information content (AvgIpc) is 2.31. The molecule has 5 heteroatoms. The van der Waals surface area contributed by atoms with E-state index in [1.165, 1.54) is 0 Å². The van der Waals surface area contributed by atoms with E-state index in [4.69, 9.17) is 5.11 Å². The highest BCUT2D eigenvalue weighted by Gasteiger charge is 2.25. The van der Waals surface area contributed by atoms with Crippen molar-refractivity contribution in [3.63, 3.8) is 0 Å². The second kappa shape index (κ2) is 8.82. The average molecular weight is 286 g/mol. The molecule has 2 N–H and O–H groups in total. The second-order valence-electron chi connectivity index (χ2n) is 6.20. The van der Waals surface area contributed by atoms with Gasteiger partial charge in [-0.2, -0.15) is 0 Å². The number of carbonyl (C=O) groups excluding carboxylic acids is 1. The molecule has 0 heterocycles. The van der Waals surface area contributed by atoms with Crippen LogP contribution in [0.25, 0.3) is 0 Å². The minimum atomic E-state index is -0.837. The van der Waals surface area contributed by atoms with Gasteiger partial charge in [-0.15, -0.1) is 0 Å². The van der Waals surface area contributed by atoms with Crippen molar-refractivity contribution in [2.45, 2.75) is 78.3 Å². The first-order valence-corrected chi connectivity index (χ1v) is 7.50. The molecule has 0 bridgehead atoms. The van der Waals surface area contributed by atoms with E-state index in [1.807, 2.05) is 32.6 Å². The third kappa shape index (κ3) is 8.02. The number of carbonyl (C=O) groups is 2. The molecule has 0 saturated heterocycles. The number of aliphatic carboxylic acids is 1. The fourth-order valence-electron chi connectivity index (χ4n) is 1.97. The standard InChI is InChI=1S/C15H30N2O3/c1-6-7-8-11-17(12(2)3)14(20)16-15(4,5)10-9-13(18)19/h12H,6-11H2,1-5H3,(H,16,20)(H,18,19). The summed E-state index contributed by atoms with van der Waals surface area (Å²) in [6.07, 6.45) is 3.72. The van der Waals surface area contributed by atoms with Crippen LogP contribution in [-0.2, 0) is 4.79 Å². The van der Waals surface area contributed by atoms with Gasteiger partial charge in [0.2, 0.25) is 0 Å². The van der Waals surface area contributed by atoms with E-state index in [0.717, 1.165) is 25.8 Å². The SMILES string of the molecule is CCCCCN(C(=O)NC(C)(C)CCC(=O)O)C(C)C. The van der Waals surface area contributed by atoms with E-state index in [1.54, 1.807) is 0 Å². The molecule has 118 valence electrons. The summed E-state index contributed by atoms with van der Waals surface area (Å²) in [6.45, 7) is 10.6. The van der Waals surface area contributed by atoms with E-state index in [0.29, 0.717) is 6.42 Å². The van der Waals surface area contributed by atoms with Gasteiger partial charge >= 0.3 is 12.0 Å². The Labute approximate surface area is 122 Å². The van der Waals surface area contributed by atoms with Crippen LogP contribution >= 0.6 is 0 Å². The van der Waals surface area contributed by atoms with Crippen molar-refractivity contribution in [2.75, 3.05) is 6.54 Å². The first-order valence-electron chi connectivity index (χ1n) is 7.50. The third-order valence-corrected chi connectivity index (χ3v) is 3.30. The van der Waals surface area contributed by atoms with Crippen LogP contribution in [0.5, 0.6) is 0 Å². The number of rotatable bonds is 9. The van der Waals surface area contributed by atoms with Crippen LogP contribution in [0.2, 0.25) is 0 Å². The highest BCUT2D eigenvalue weighted by Crippen LogP contribution is 2.13. The third-order valence-electron chi connectivity index (χ3n) is 3.30. The summed E-state index contributed by atoms with van der Waals surface area (Å²) in [4.78, 5) is 24.7. The van der Waals surface area contributed by atoms with Crippen LogP contribution in [0.3, 0.4) is 0 Å². The Morgan fingerprint density at radius 1 is 1.25 bits per heavy atom. The Balaban J connectivity index is 4.46. The summed E-state index contributed by atoms with van der Waals surface area (Å²) in [5, 5.41) is 11.7. The van der Waals surface area contributed by atoms with Crippen LogP contribution in [0.15, 0.2) is 0 Å². The van der Waals surface area contributed by atoms with Gasteiger partial charge in [0, 0.05) is 24.5 Å². The molecule has 0 aromatic carbocycles. The Bertz CT molecular complexity index is 314. The minimum Gasteiger partial charge on any atom is -0.481 e. The lowest BCUT2D eigenvalue weighted by molar-refractivity contribution is -0.137. The second-order valence-corrected chi connectivity index (χ2v) is 6.20. The quantitative estimate of drug-likeness (QED) is 0.639. The Morgan fingerprint density at radius 3 is 2.30 bits per heavy atom. The van der Waals surface area contributed by atoms with E-state index in [-0.39, 0.29) is 18.5 Å². The lowest BCUT2D eigenvalue weighted by Gasteiger charge is -2.33. The number of urea groups is 1. The minimum absolute atomic E-state index is 0.0603. The molecule has 0 aliphatic heterocycles. The molecule has 0 spiro atoms. The molecule has 0 rings (SSSR count). The summed E-state index contributed by atoms with van der Waals surface area (Å²) < 4.78 is 0. The van der Waals surface area contributed by atoms with E-state index >= 15 is 0 Å². The Kier molecular flexibility index (Phi) is 8.26. The van der Waals surface area contributed by atoms with Crippen LogP contribution in [0, 0.1) is 0 Å². The largest absolute Gasteiger partial charge is 0.481 e. The zero-order chi connectivity index (χ0) is 15.8. The first-order chi connectivity index (χ1) is 9.19. The molecule has 0 fully saturated rings. The zero-order valence-electron chi connectivity index (χ0n) is 13.5. The van der Waals surface area contributed by atoms with Crippen molar-refractivity contribution < 1.29 is 14.7 Å². The molecule has 0 saturated carbocycles. The highest BCUT2D eigenvalue weighted by atomic mass is 16.4. The van der Waals surface area contributed by atoms with Gasteiger partial charge in [0.25, 0.3) is 0 Å². The van der Waals surface area contributed by atoms with E-state index in [2.05, 4.69) is 12.2 Å². The van der Waals surface area contributed by atoms with E-state index in [9.17, 15) is 9.59 Å². The number of nitrogens with zero attached hydrogens (tertiary/aromatic N) is 1. The lowest BCUT2D eigenvalue weighted by atomic mass is 9.98. The topological polar surface area (TPSA) is 69.6 Å². The number of hydrogen-bond acceptors (Lipinski definition) is 2. The van der Waals surface area contributed by atoms with Gasteiger partial charge in [-0.3, -0.25) is 4.79 Å². The van der Waals surface area contributed by atoms with Crippen LogP contribution in [0.1, 0.15) is 66.7 Å². The molecule has 2 amide bonds. The number of amides is 2. The van der Waals surface area contributed by atoms with Crippen LogP contribution in [0.4, 0.5) is 4.79 Å². The molecular formula is C15H30N2O3. The molecule has 5 nitrogen and oxygen atoms in total. The fraction of sp³-hybridized carbons (Fsp3) is 0.867. The Hall–Kier alpha value is -1.26. The molecule has 0 radical (unpaired) electrons. The molecule has 0 atom stereocenters. The van der Waals surface area contributed by atoms with E-state index < -0.39 is 11.5 Å². The molecule has 0 aliphatic rings. The van der Waals surface area contributed by atoms with Crippen molar-refractivity contribution in [3.05, 3.63) is 0 Å². The maximum absolute atomic E-state index is 12.3. The summed E-state index contributed by atoms with van der Waals surface area (Å²) in [6, 6.07) is 0.0358. The normalized spacial score (nSPS) is 11.5. The number of nitrogens with one attached hydrogen (secondary N) is 1. The molecule has 20 heavy (non-hydrogen) atoms. The van der Waals surface area contributed by atoms with Gasteiger partial charge < -0.3 is 15.3 Å². The van der Waals surface area contributed by atoms with Crippen molar-refractivity contribution in [1.29, 1.82) is 0 Å². The van der Waals surface area contributed by atoms with Gasteiger partial charge in [0.15, 0.2) is 0 Å². The molecule has 0 aromatic heterocycles.